The van der Waals surface area contributed by atoms with Crippen LogP contribution in [0, 0.1) is 29.3 Å². The molecule has 1 aliphatic carbocycles. The van der Waals surface area contributed by atoms with Gasteiger partial charge in [0.1, 0.15) is 17.5 Å². The van der Waals surface area contributed by atoms with Crippen molar-refractivity contribution < 1.29 is 22.8 Å². The lowest BCUT2D eigenvalue weighted by molar-refractivity contribution is -0.126. The molecule has 0 radical (unpaired) electrons. The molecule has 1 aromatic heterocycles. The monoisotopic (exact) mass is 499 g/mol. The van der Waals surface area contributed by atoms with Crippen LogP contribution in [-0.4, -0.2) is 29.4 Å². The first-order valence-electron chi connectivity index (χ1n) is 12.5. The first-order valence-corrected chi connectivity index (χ1v) is 12.5. The summed E-state index contributed by atoms with van der Waals surface area (Å²) >= 11 is 0. The molecule has 2 amide bonds. The van der Waals surface area contributed by atoms with Crippen LogP contribution in [0.4, 0.5) is 13.2 Å². The topological polar surface area (TPSA) is 74.0 Å². The van der Waals surface area contributed by atoms with Gasteiger partial charge in [-0.3, -0.25) is 9.59 Å². The minimum absolute atomic E-state index is 0.00980. The number of aryl methyl sites for hydroxylation is 1. The summed E-state index contributed by atoms with van der Waals surface area (Å²) < 4.78 is 41.9. The second-order valence-corrected chi connectivity index (χ2v) is 9.90. The number of carbonyl (C=O) groups excluding carboxylic acids is 2. The molecule has 1 aliphatic rings. The van der Waals surface area contributed by atoms with E-state index in [9.17, 15) is 22.8 Å². The van der Waals surface area contributed by atoms with Crippen LogP contribution in [-0.2, 0) is 16.0 Å². The maximum absolute atomic E-state index is 14.5. The Labute approximate surface area is 208 Å². The summed E-state index contributed by atoms with van der Waals surface area (Å²) in [4.78, 5) is 26.4. The minimum Gasteiger partial charge on any atom is -0.356 e. The standard InChI is InChI=1S/C28H32F3N3O2/c1-16(10-11-32-17(2)35)28(36)33-22-12-18(13-22)4-3-5-23-24-14-21(30)15-25(31)27(24)34-26(23)19-6-8-20(29)9-7-19/h6-9,14-16,18,22,34H,3-5,10-13H2,1-2H3,(H,32,35)(H,33,36). The first kappa shape index (κ1) is 25.8. The summed E-state index contributed by atoms with van der Waals surface area (Å²) in [5.74, 6) is -1.41. The van der Waals surface area contributed by atoms with E-state index < -0.39 is 11.6 Å². The van der Waals surface area contributed by atoms with E-state index in [-0.39, 0.29) is 35.1 Å². The number of hydrogen-bond acceptors (Lipinski definition) is 2. The number of aromatic amines is 1. The van der Waals surface area contributed by atoms with Crippen molar-refractivity contribution in [2.75, 3.05) is 6.54 Å². The first-order chi connectivity index (χ1) is 17.2. The van der Waals surface area contributed by atoms with Crippen molar-refractivity contribution in [2.24, 2.45) is 11.8 Å². The molecule has 1 unspecified atom stereocenters. The van der Waals surface area contributed by atoms with E-state index in [0.717, 1.165) is 42.9 Å². The lowest BCUT2D eigenvalue weighted by atomic mass is 9.77. The number of nitrogens with one attached hydrogen (secondary N) is 3. The van der Waals surface area contributed by atoms with Crippen LogP contribution in [0.25, 0.3) is 22.2 Å². The van der Waals surface area contributed by atoms with E-state index in [1.54, 1.807) is 12.1 Å². The molecule has 1 saturated carbocycles. The molecule has 0 bridgehead atoms. The molecule has 2 aromatic carbocycles. The summed E-state index contributed by atoms with van der Waals surface area (Å²) in [6.07, 6.45) is 4.82. The smallest absolute Gasteiger partial charge is 0.223 e. The van der Waals surface area contributed by atoms with Crippen LogP contribution in [0.1, 0.15) is 51.5 Å². The fourth-order valence-electron chi connectivity index (χ4n) is 4.99. The highest BCUT2D eigenvalue weighted by Crippen LogP contribution is 2.36. The van der Waals surface area contributed by atoms with E-state index in [1.807, 2.05) is 6.92 Å². The Kier molecular flexibility index (Phi) is 8.01. The Hall–Kier alpha value is -3.29. The third-order valence-corrected chi connectivity index (χ3v) is 7.08. The predicted molar refractivity (Wildman–Crippen MR) is 134 cm³/mol. The van der Waals surface area contributed by atoms with Gasteiger partial charge in [0.05, 0.1) is 5.52 Å². The third-order valence-electron chi connectivity index (χ3n) is 7.08. The van der Waals surface area contributed by atoms with Crippen molar-refractivity contribution in [1.29, 1.82) is 0 Å². The lowest BCUT2D eigenvalue weighted by Gasteiger charge is -2.36. The summed E-state index contributed by atoms with van der Waals surface area (Å²) in [5, 5.41) is 6.31. The highest BCUT2D eigenvalue weighted by molar-refractivity contribution is 5.91. The summed E-state index contributed by atoms with van der Waals surface area (Å²) in [6.45, 7) is 3.80. The molecule has 1 fully saturated rings. The molecule has 0 spiro atoms. The molecule has 3 N–H and O–H groups in total. The van der Waals surface area contributed by atoms with Gasteiger partial charge < -0.3 is 15.6 Å². The number of amides is 2. The number of halogens is 3. The number of fused-ring (bicyclic) bond motifs is 1. The Morgan fingerprint density at radius 1 is 1.08 bits per heavy atom. The van der Waals surface area contributed by atoms with Gasteiger partial charge in [-0.15, -0.1) is 0 Å². The summed E-state index contributed by atoms with van der Waals surface area (Å²) in [6, 6.07) is 8.34. The zero-order valence-electron chi connectivity index (χ0n) is 20.6. The van der Waals surface area contributed by atoms with E-state index >= 15 is 0 Å². The van der Waals surface area contributed by atoms with E-state index in [0.29, 0.717) is 36.4 Å². The Morgan fingerprint density at radius 3 is 2.50 bits per heavy atom. The highest BCUT2D eigenvalue weighted by atomic mass is 19.1. The van der Waals surface area contributed by atoms with Crippen LogP contribution >= 0.6 is 0 Å². The average molecular weight is 500 g/mol. The van der Waals surface area contributed by atoms with Crippen LogP contribution in [0.2, 0.25) is 0 Å². The van der Waals surface area contributed by atoms with E-state index in [2.05, 4.69) is 15.6 Å². The number of benzene rings is 2. The SMILES string of the molecule is CC(=O)NCCC(C)C(=O)NC1CC(CCCc2c(-c3ccc(F)cc3)[nH]c3c(F)cc(F)cc23)C1. The van der Waals surface area contributed by atoms with Gasteiger partial charge in [-0.2, -0.15) is 0 Å². The summed E-state index contributed by atoms with van der Waals surface area (Å²) in [5.41, 5.74) is 2.49. The van der Waals surface area contributed by atoms with E-state index in [1.165, 1.54) is 25.1 Å². The summed E-state index contributed by atoms with van der Waals surface area (Å²) in [7, 11) is 0. The fraction of sp³-hybridized carbons (Fsp3) is 0.429. The van der Waals surface area contributed by atoms with Crippen molar-refractivity contribution in [3.8, 4) is 11.3 Å². The van der Waals surface area contributed by atoms with Crippen molar-refractivity contribution in [3.05, 3.63) is 59.4 Å². The van der Waals surface area contributed by atoms with Crippen molar-refractivity contribution in [1.82, 2.24) is 15.6 Å². The zero-order chi connectivity index (χ0) is 25.8. The van der Waals surface area contributed by atoms with E-state index in [4.69, 9.17) is 0 Å². The van der Waals surface area contributed by atoms with Gasteiger partial charge in [0.15, 0.2) is 0 Å². The number of hydrogen-bond donors (Lipinski definition) is 3. The van der Waals surface area contributed by atoms with Crippen molar-refractivity contribution in [2.45, 2.75) is 58.4 Å². The largest absolute Gasteiger partial charge is 0.356 e. The number of rotatable bonds is 10. The van der Waals surface area contributed by atoms with Gasteiger partial charge in [0, 0.05) is 42.6 Å². The normalized spacial score (nSPS) is 18.0. The molecule has 192 valence electrons. The molecule has 0 saturated heterocycles. The van der Waals surface area contributed by atoms with Gasteiger partial charge in [0.2, 0.25) is 11.8 Å². The molecular formula is C28H32F3N3O2. The van der Waals surface area contributed by atoms with Gasteiger partial charge >= 0.3 is 0 Å². The maximum Gasteiger partial charge on any atom is 0.223 e. The highest BCUT2D eigenvalue weighted by Gasteiger charge is 2.31. The molecule has 3 aromatic rings. The molecule has 8 heteroatoms. The van der Waals surface area contributed by atoms with Gasteiger partial charge in [-0.25, -0.2) is 13.2 Å². The third kappa shape index (κ3) is 6.09. The van der Waals surface area contributed by atoms with Crippen LogP contribution in [0.3, 0.4) is 0 Å². The molecule has 4 rings (SSSR count). The van der Waals surface area contributed by atoms with Gasteiger partial charge in [-0.1, -0.05) is 6.92 Å². The molecule has 1 heterocycles. The van der Waals surface area contributed by atoms with Crippen LogP contribution < -0.4 is 10.6 Å². The zero-order valence-corrected chi connectivity index (χ0v) is 20.6. The van der Waals surface area contributed by atoms with Gasteiger partial charge in [0.25, 0.3) is 0 Å². The molecular weight excluding hydrogens is 467 g/mol. The Balaban J connectivity index is 1.33. The molecule has 0 aliphatic heterocycles. The van der Waals surface area contributed by atoms with Crippen molar-refractivity contribution in [3.63, 3.8) is 0 Å². The number of aromatic nitrogens is 1. The minimum atomic E-state index is -0.650. The van der Waals surface area contributed by atoms with Crippen LogP contribution in [0.15, 0.2) is 36.4 Å². The maximum atomic E-state index is 14.5. The van der Waals surface area contributed by atoms with Gasteiger partial charge in [-0.05, 0) is 85.9 Å². The second kappa shape index (κ2) is 11.2. The Morgan fingerprint density at radius 2 is 1.81 bits per heavy atom. The molecule has 5 nitrogen and oxygen atoms in total. The average Bonchev–Trinajstić information content (AvgIpc) is 3.16. The molecule has 36 heavy (non-hydrogen) atoms. The lowest BCUT2D eigenvalue weighted by Crippen LogP contribution is -2.46. The number of H-pyrrole nitrogens is 1. The quantitative estimate of drug-likeness (QED) is 0.338. The van der Waals surface area contributed by atoms with Crippen LogP contribution in [0.5, 0.6) is 0 Å². The van der Waals surface area contributed by atoms with Crippen molar-refractivity contribution >= 4 is 22.7 Å². The number of carbonyl (C=O) groups is 2. The Bertz CT molecular complexity index is 1230. The fourth-order valence-corrected chi connectivity index (χ4v) is 4.99. The predicted octanol–water partition coefficient (Wildman–Crippen LogP) is 5.63. The molecule has 1 atom stereocenters. The second-order valence-electron chi connectivity index (χ2n) is 9.90.